The van der Waals surface area contributed by atoms with E-state index < -0.39 is 11.7 Å². The van der Waals surface area contributed by atoms with Gasteiger partial charge in [0.25, 0.3) is 5.91 Å². The number of nitrogens with one attached hydrogen (secondary N) is 1. The van der Waals surface area contributed by atoms with Gasteiger partial charge >= 0.3 is 0 Å². The number of aromatic nitrogens is 2. The molecule has 0 saturated carbocycles. The van der Waals surface area contributed by atoms with Crippen LogP contribution in [-0.2, 0) is 4.74 Å². The number of nitrogens with zero attached hydrogens (tertiary/aromatic N) is 2. The minimum Gasteiger partial charge on any atom is -0.477 e. The Labute approximate surface area is 160 Å². The third-order valence-electron chi connectivity index (χ3n) is 4.59. The molecule has 3 aromatic rings. The molecular weight excluding hydrogens is 363 g/mol. The van der Waals surface area contributed by atoms with Crippen molar-refractivity contribution in [2.75, 3.05) is 30.9 Å². The number of amides is 1. The third-order valence-corrected chi connectivity index (χ3v) is 4.59. The van der Waals surface area contributed by atoms with E-state index in [1.165, 1.54) is 12.3 Å². The minimum absolute atomic E-state index is 0.112. The Balaban J connectivity index is 1.57. The van der Waals surface area contributed by atoms with E-state index in [1.54, 1.807) is 24.3 Å². The van der Waals surface area contributed by atoms with Crippen molar-refractivity contribution in [1.29, 1.82) is 0 Å². The Hall–Kier alpha value is -3.26. The van der Waals surface area contributed by atoms with Gasteiger partial charge in [-0.25, -0.2) is 14.4 Å². The molecule has 0 aliphatic carbocycles. The summed E-state index contributed by atoms with van der Waals surface area (Å²) in [6.07, 6.45) is 3.53. The topological polar surface area (TPSA) is 99.4 Å². The maximum atomic E-state index is 14.3. The highest BCUT2D eigenvalue weighted by atomic mass is 19.1. The number of nitrogen functional groups attached to an aromatic ring is 1. The average Bonchev–Trinajstić information content (AvgIpc) is 3.22. The summed E-state index contributed by atoms with van der Waals surface area (Å²) < 4.78 is 25.5. The number of pyridine rings is 2. The molecule has 3 heterocycles. The van der Waals surface area contributed by atoms with Crippen molar-refractivity contribution in [1.82, 2.24) is 9.97 Å². The molecule has 1 aromatic carbocycles. The van der Waals surface area contributed by atoms with E-state index in [-0.39, 0.29) is 11.4 Å². The van der Waals surface area contributed by atoms with Gasteiger partial charge in [-0.1, -0.05) is 0 Å². The van der Waals surface area contributed by atoms with Gasteiger partial charge in [-0.05, 0) is 36.8 Å². The number of benzene rings is 1. The monoisotopic (exact) mass is 382 g/mol. The quantitative estimate of drug-likeness (QED) is 0.704. The number of carbonyl (C=O) groups is 1. The molecule has 7 nitrogen and oxygen atoms in total. The SMILES string of the molecule is Nc1cccnc1C(=O)Nc1ccc2c(OCC3CCOC3)ncc(F)c2c1. The van der Waals surface area contributed by atoms with Crippen LogP contribution < -0.4 is 15.8 Å². The number of anilines is 2. The predicted octanol–water partition coefficient (Wildman–Crippen LogP) is 3.02. The molecule has 144 valence electrons. The van der Waals surface area contributed by atoms with E-state index in [1.807, 2.05) is 0 Å². The van der Waals surface area contributed by atoms with Crippen LogP contribution in [0.1, 0.15) is 16.9 Å². The van der Waals surface area contributed by atoms with E-state index in [0.29, 0.717) is 41.5 Å². The largest absolute Gasteiger partial charge is 0.477 e. The number of nitrogens with two attached hydrogens (primary N) is 1. The molecule has 0 bridgehead atoms. The summed E-state index contributed by atoms with van der Waals surface area (Å²) in [6, 6.07) is 8.10. The summed E-state index contributed by atoms with van der Waals surface area (Å²) in [5, 5.41) is 3.53. The van der Waals surface area contributed by atoms with Crippen molar-refractivity contribution in [2.45, 2.75) is 6.42 Å². The van der Waals surface area contributed by atoms with Crippen LogP contribution in [0.2, 0.25) is 0 Å². The van der Waals surface area contributed by atoms with Gasteiger partial charge in [-0.15, -0.1) is 0 Å². The molecule has 1 fully saturated rings. The molecule has 1 aliphatic heterocycles. The zero-order valence-electron chi connectivity index (χ0n) is 15.0. The lowest BCUT2D eigenvalue weighted by molar-refractivity contribution is 0.102. The number of rotatable bonds is 5. The lowest BCUT2D eigenvalue weighted by atomic mass is 10.1. The van der Waals surface area contributed by atoms with E-state index in [9.17, 15) is 9.18 Å². The van der Waals surface area contributed by atoms with Gasteiger partial charge in [-0.2, -0.15) is 0 Å². The van der Waals surface area contributed by atoms with Crippen molar-refractivity contribution in [3.05, 3.63) is 54.2 Å². The second kappa shape index (κ2) is 7.77. The lowest BCUT2D eigenvalue weighted by Gasteiger charge is -2.13. The van der Waals surface area contributed by atoms with Gasteiger partial charge in [0.15, 0.2) is 5.69 Å². The minimum atomic E-state index is -0.500. The molecule has 1 unspecified atom stereocenters. The van der Waals surface area contributed by atoms with Crippen LogP contribution in [0.4, 0.5) is 15.8 Å². The Kier molecular flexibility index (Phi) is 5.03. The van der Waals surface area contributed by atoms with Gasteiger partial charge in [0, 0.05) is 35.2 Å². The molecule has 1 aliphatic rings. The van der Waals surface area contributed by atoms with Crippen LogP contribution in [0.25, 0.3) is 10.8 Å². The first kappa shape index (κ1) is 18.1. The number of carbonyl (C=O) groups excluding carboxylic acids is 1. The molecule has 8 heteroatoms. The van der Waals surface area contributed by atoms with Crippen molar-refractivity contribution in [3.8, 4) is 5.88 Å². The van der Waals surface area contributed by atoms with E-state index >= 15 is 0 Å². The van der Waals surface area contributed by atoms with Gasteiger partial charge in [0.2, 0.25) is 5.88 Å². The summed E-state index contributed by atoms with van der Waals surface area (Å²) >= 11 is 0. The zero-order chi connectivity index (χ0) is 19.5. The Bertz CT molecular complexity index is 1020. The highest BCUT2D eigenvalue weighted by Gasteiger charge is 2.18. The number of fused-ring (bicyclic) bond motifs is 1. The van der Waals surface area contributed by atoms with Gasteiger partial charge < -0.3 is 20.5 Å². The van der Waals surface area contributed by atoms with E-state index in [2.05, 4.69) is 15.3 Å². The van der Waals surface area contributed by atoms with Crippen molar-refractivity contribution < 1.29 is 18.7 Å². The van der Waals surface area contributed by atoms with Crippen LogP contribution in [0.3, 0.4) is 0 Å². The van der Waals surface area contributed by atoms with Crippen molar-refractivity contribution in [2.24, 2.45) is 5.92 Å². The standard InChI is InChI=1S/C20H19FN4O3/c21-16-9-24-20(28-11-12-5-7-27-10-12)14-4-3-13(8-15(14)16)25-19(26)18-17(22)2-1-6-23-18/h1-4,6,8-9,12H,5,7,10-11,22H2,(H,25,26). The smallest absolute Gasteiger partial charge is 0.276 e. The number of hydrogen-bond acceptors (Lipinski definition) is 6. The molecule has 1 atom stereocenters. The molecule has 0 spiro atoms. The number of halogens is 1. The highest BCUT2D eigenvalue weighted by Crippen LogP contribution is 2.29. The Morgan fingerprint density at radius 2 is 2.21 bits per heavy atom. The fourth-order valence-electron chi connectivity index (χ4n) is 3.08. The summed E-state index contributed by atoms with van der Waals surface area (Å²) in [4.78, 5) is 20.4. The summed E-state index contributed by atoms with van der Waals surface area (Å²) in [5.41, 5.74) is 6.57. The Morgan fingerprint density at radius 3 is 3.00 bits per heavy atom. The van der Waals surface area contributed by atoms with Crippen molar-refractivity contribution in [3.63, 3.8) is 0 Å². The maximum absolute atomic E-state index is 14.3. The second-order valence-electron chi connectivity index (χ2n) is 6.61. The Morgan fingerprint density at radius 1 is 1.32 bits per heavy atom. The van der Waals surface area contributed by atoms with Crippen LogP contribution in [0.15, 0.2) is 42.7 Å². The van der Waals surface area contributed by atoms with Crippen molar-refractivity contribution >= 4 is 28.1 Å². The summed E-state index contributed by atoms with van der Waals surface area (Å²) in [6.45, 7) is 1.85. The first-order valence-electron chi connectivity index (χ1n) is 8.92. The molecule has 0 radical (unpaired) electrons. The fraction of sp³-hybridized carbons (Fsp3) is 0.250. The van der Waals surface area contributed by atoms with Gasteiger partial charge in [-0.3, -0.25) is 4.79 Å². The summed E-state index contributed by atoms with van der Waals surface area (Å²) in [7, 11) is 0. The number of hydrogen-bond donors (Lipinski definition) is 2. The van der Waals surface area contributed by atoms with Crippen LogP contribution >= 0.6 is 0 Å². The second-order valence-corrected chi connectivity index (χ2v) is 6.61. The fourth-order valence-corrected chi connectivity index (χ4v) is 3.08. The van der Waals surface area contributed by atoms with Gasteiger partial charge in [0.1, 0.15) is 5.82 Å². The summed E-state index contributed by atoms with van der Waals surface area (Å²) in [5.74, 6) is -0.302. The normalized spacial score (nSPS) is 16.2. The van der Waals surface area contributed by atoms with Crippen LogP contribution in [-0.4, -0.2) is 35.7 Å². The first-order chi connectivity index (χ1) is 13.6. The van der Waals surface area contributed by atoms with Crippen LogP contribution in [0.5, 0.6) is 5.88 Å². The van der Waals surface area contributed by atoms with Gasteiger partial charge in [0.05, 0.1) is 25.1 Å². The maximum Gasteiger partial charge on any atom is 0.276 e. The molecule has 3 N–H and O–H groups in total. The van der Waals surface area contributed by atoms with E-state index in [4.69, 9.17) is 15.2 Å². The van der Waals surface area contributed by atoms with Crippen LogP contribution in [0, 0.1) is 11.7 Å². The number of ether oxygens (including phenoxy) is 2. The molecular formula is C20H19FN4O3. The average molecular weight is 382 g/mol. The molecule has 2 aromatic heterocycles. The predicted molar refractivity (Wildman–Crippen MR) is 103 cm³/mol. The third kappa shape index (κ3) is 3.72. The lowest BCUT2D eigenvalue weighted by Crippen LogP contribution is -2.15. The highest BCUT2D eigenvalue weighted by molar-refractivity contribution is 6.07. The molecule has 28 heavy (non-hydrogen) atoms. The molecule has 4 rings (SSSR count). The molecule has 1 saturated heterocycles. The zero-order valence-corrected chi connectivity index (χ0v) is 15.0. The first-order valence-corrected chi connectivity index (χ1v) is 8.92. The van der Waals surface area contributed by atoms with E-state index in [0.717, 1.165) is 19.2 Å². The molecule has 1 amide bonds.